The predicted octanol–water partition coefficient (Wildman–Crippen LogP) is 3.91. The van der Waals surface area contributed by atoms with E-state index in [9.17, 15) is 4.79 Å². The average Bonchev–Trinajstić information content (AvgIpc) is 3.07. The zero-order valence-electron chi connectivity index (χ0n) is 11.4. The summed E-state index contributed by atoms with van der Waals surface area (Å²) in [6, 6.07) is 7.84. The van der Waals surface area contributed by atoms with Crippen LogP contribution < -0.4 is 0 Å². The van der Waals surface area contributed by atoms with E-state index in [1.54, 1.807) is 11.3 Å². The van der Waals surface area contributed by atoms with Crippen molar-refractivity contribution in [1.82, 2.24) is 9.55 Å². The number of benzene rings is 1. The highest BCUT2D eigenvalue weighted by Crippen LogP contribution is 2.19. The maximum atomic E-state index is 10.9. The molecule has 0 bridgehead atoms. The first-order valence-corrected chi connectivity index (χ1v) is 7.65. The summed E-state index contributed by atoms with van der Waals surface area (Å²) in [7, 11) is 0. The highest BCUT2D eigenvalue weighted by atomic mass is 32.1. The molecule has 0 fully saturated rings. The molecule has 1 aromatic carbocycles. The van der Waals surface area contributed by atoms with Crippen molar-refractivity contribution in [2.24, 2.45) is 0 Å². The third-order valence-corrected chi connectivity index (χ3v) is 4.29. The number of hydrogen-bond acceptors (Lipinski definition) is 3. The number of carbonyl (C=O) groups excluding carboxylic acids is 1. The molecule has 0 aliphatic heterocycles. The van der Waals surface area contributed by atoms with Crippen molar-refractivity contribution in [3.05, 3.63) is 52.1 Å². The Bertz CT molecular complexity index is 742. The van der Waals surface area contributed by atoms with Crippen LogP contribution in [0.25, 0.3) is 10.9 Å². The molecule has 4 heteroatoms. The van der Waals surface area contributed by atoms with E-state index in [4.69, 9.17) is 0 Å². The molecule has 0 amide bonds. The Morgan fingerprint density at radius 1 is 1.35 bits per heavy atom. The van der Waals surface area contributed by atoms with Gasteiger partial charge in [-0.15, -0.1) is 11.3 Å². The second-order valence-electron chi connectivity index (χ2n) is 4.86. The third-order valence-electron chi connectivity index (χ3n) is 3.33. The van der Waals surface area contributed by atoms with Crippen LogP contribution in [0.15, 0.2) is 35.8 Å². The van der Waals surface area contributed by atoms with E-state index >= 15 is 0 Å². The third kappa shape index (κ3) is 2.51. The molecule has 3 rings (SSSR count). The average molecular weight is 284 g/mol. The zero-order valence-corrected chi connectivity index (χ0v) is 12.2. The molecule has 102 valence electrons. The van der Waals surface area contributed by atoms with E-state index in [1.165, 1.54) is 5.01 Å². The standard InChI is InChI=1S/C16H16N2OS/c1-2-3-16-17-14(11-20-16)9-18-7-6-13-5-4-12(10-19)8-15(13)18/h4-8,10-11H,2-3,9H2,1H3. The van der Waals surface area contributed by atoms with Crippen molar-refractivity contribution in [3.8, 4) is 0 Å². The number of thiazole rings is 1. The van der Waals surface area contributed by atoms with E-state index in [-0.39, 0.29) is 0 Å². The lowest BCUT2D eigenvalue weighted by molar-refractivity contribution is 0.112. The van der Waals surface area contributed by atoms with Crippen LogP contribution in [0.3, 0.4) is 0 Å². The molecule has 0 aliphatic rings. The number of fused-ring (bicyclic) bond motifs is 1. The molecule has 0 unspecified atom stereocenters. The van der Waals surface area contributed by atoms with Crippen LogP contribution in [0.2, 0.25) is 0 Å². The Labute approximate surface area is 121 Å². The lowest BCUT2D eigenvalue weighted by Crippen LogP contribution is -1.99. The van der Waals surface area contributed by atoms with Crippen LogP contribution in [0.1, 0.15) is 34.4 Å². The molecule has 0 saturated carbocycles. The first kappa shape index (κ1) is 13.1. The van der Waals surface area contributed by atoms with E-state index in [0.717, 1.165) is 42.3 Å². The number of aryl methyl sites for hydroxylation is 1. The van der Waals surface area contributed by atoms with Gasteiger partial charge in [0.25, 0.3) is 0 Å². The molecule has 2 heterocycles. The van der Waals surface area contributed by atoms with Gasteiger partial charge in [0, 0.05) is 22.7 Å². The molecule has 0 atom stereocenters. The zero-order chi connectivity index (χ0) is 13.9. The normalized spacial score (nSPS) is 11.1. The summed E-state index contributed by atoms with van der Waals surface area (Å²) < 4.78 is 2.15. The molecule has 0 aliphatic carbocycles. The topological polar surface area (TPSA) is 34.9 Å². The summed E-state index contributed by atoms with van der Waals surface area (Å²) in [6.45, 7) is 2.92. The summed E-state index contributed by atoms with van der Waals surface area (Å²) in [6.07, 6.45) is 5.12. The summed E-state index contributed by atoms with van der Waals surface area (Å²) in [4.78, 5) is 15.5. The van der Waals surface area contributed by atoms with Gasteiger partial charge < -0.3 is 4.57 Å². The summed E-state index contributed by atoms with van der Waals surface area (Å²) in [5.41, 5.74) is 2.88. The van der Waals surface area contributed by atoms with E-state index in [2.05, 4.69) is 34.1 Å². The smallest absolute Gasteiger partial charge is 0.150 e. The monoisotopic (exact) mass is 284 g/mol. The molecular formula is C16H16N2OS. The van der Waals surface area contributed by atoms with Gasteiger partial charge in [0.2, 0.25) is 0 Å². The van der Waals surface area contributed by atoms with Gasteiger partial charge in [0.15, 0.2) is 0 Å². The molecule has 0 saturated heterocycles. The Hall–Kier alpha value is -1.94. The quantitative estimate of drug-likeness (QED) is 0.666. The minimum Gasteiger partial charge on any atom is -0.341 e. The molecule has 0 spiro atoms. The predicted molar refractivity (Wildman–Crippen MR) is 82.5 cm³/mol. The van der Waals surface area contributed by atoms with Gasteiger partial charge in [0.1, 0.15) is 6.29 Å². The van der Waals surface area contributed by atoms with Crippen molar-refractivity contribution in [1.29, 1.82) is 0 Å². The minimum absolute atomic E-state index is 0.711. The van der Waals surface area contributed by atoms with Gasteiger partial charge in [-0.1, -0.05) is 19.1 Å². The first-order chi connectivity index (χ1) is 9.80. The highest BCUT2D eigenvalue weighted by Gasteiger charge is 2.06. The number of hydrogen-bond donors (Lipinski definition) is 0. The molecule has 2 aromatic heterocycles. The largest absolute Gasteiger partial charge is 0.341 e. The molecule has 0 N–H and O–H groups in total. The van der Waals surface area contributed by atoms with E-state index in [0.29, 0.717) is 5.56 Å². The van der Waals surface area contributed by atoms with Gasteiger partial charge in [-0.3, -0.25) is 4.79 Å². The summed E-state index contributed by atoms with van der Waals surface area (Å²) in [5, 5.41) is 4.48. The number of nitrogens with zero attached hydrogens (tertiary/aromatic N) is 2. The molecule has 3 nitrogen and oxygen atoms in total. The van der Waals surface area contributed by atoms with Crippen molar-refractivity contribution < 1.29 is 4.79 Å². The maximum Gasteiger partial charge on any atom is 0.150 e. The molecule has 0 radical (unpaired) electrons. The lowest BCUT2D eigenvalue weighted by Gasteiger charge is -2.03. The summed E-state index contributed by atoms with van der Waals surface area (Å²) in [5.74, 6) is 0. The van der Waals surface area contributed by atoms with Crippen molar-refractivity contribution in [2.45, 2.75) is 26.3 Å². The molecule has 3 aromatic rings. The van der Waals surface area contributed by atoms with Gasteiger partial charge >= 0.3 is 0 Å². The minimum atomic E-state index is 0.711. The fourth-order valence-corrected chi connectivity index (χ4v) is 3.23. The Morgan fingerprint density at radius 2 is 2.25 bits per heavy atom. The van der Waals surface area contributed by atoms with Crippen LogP contribution in [0.5, 0.6) is 0 Å². The Morgan fingerprint density at radius 3 is 3.05 bits per heavy atom. The van der Waals surface area contributed by atoms with Crippen LogP contribution in [-0.2, 0) is 13.0 Å². The van der Waals surface area contributed by atoms with Gasteiger partial charge in [-0.2, -0.15) is 0 Å². The first-order valence-electron chi connectivity index (χ1n) is 6.77. The number of carbonyl (C=O) groups is 1. The van der Waals surface area contributed by atoms with Gasteiger partial charge in [0.05, 0.1) is 17.2 Å². The lowest BCUT2D eigenvalue weighted by atomic mass is 10.2. The van der Waals surface area contributed by atoms with Crippen molar-refractivity contribution >= 4 is 28.5 Å². The second-order valence-corrected chi connectivity index (χ2v) is 5.80. The Balaban J connectivity index is 1.91. The molecule has 20 heavy (non-hydrogen) atoms. The van der Waals surface area contributed by atoms with Gasteiger partial charge in [-0.25, -0.2) is 4.98 Å². The Kier molecular flexibility index (Phi) is 3.65. The number of aromatic nitrogens is 2. The van der Waals surface area contributed by atoms with Crippen LogP contribution in [0.4, 0.5) is 0 Å². The number of aldehydes is 1. The van der Waals surface area contributed by atoms with Crippen LogP contribution >= 0.6 is 11.3 Å². The van der Waals surface area contributed by atoms with Gasteiger partial charge in [-0.05, 0) is 30.4 Å². The molecular weight excluding hydrogens is 268 g/mol. The maximum absolute atomic E-state index is 10.9. The van der Waals surface area contributed by atoms with Crippen molar-refractivity contribution in [2.75, 3.05) is 0 Å². The van der Waals surface area contributed by atoms with Crippen molar-refractivity contribution in [3.63, 3.8) is 0 Å². The van der Waals surface area contributed by atoms with E-state index in [1.807, 2.05) is 18.2 Å². The van der Waals surface area contributed by atoms with Crippen LogP contribution in [0, 0.1) is 0 Å². The van der Waals surface area contributed by atoms with Crippen LogP contribution in [-0.4, -0.2) is 15.8 Å². The SMILES string of the molecule is CCCc1nc(Cn2ccc3ccc(C=O)cc32)cs1. The highest BCUT2D eigenvalue weighted by molar-refractivity contribution is 7.09. The summed E-state index contributed by atoms with van der Waals surface area (Å²) >= 11 is 1.73. The second kappa shape index (κ2) is 5.59. The van der Waals surface area contributed by atoms with E-state index < -0.39 is 0 Å². The fourth-order valence-electron chi connectivity index (χ4n) is 2.34. The number of rotatable bonds is 5. The fraction of sp³-hybridized carbons (Fsp3) is 0.250.